The smallest absolute Gasteiger partial charge is 0.259 e. The van der Waals surface area contributed by atoms with Crippen LogP contribution in [0, 0.1) is 17.2 Å². The summed E-state index contributed by atoms with van der Waals surface area (Å²) in [6.07, 6.45) is 1.16. The lowest BCUT2D eigenvalue weighted by Crippen LogP contribution is -2.46. The number of piperidine rings is 1. The van der Waals surface area contributed by atoms with Crippen LogP contribution in [0.5, 0.6) is 0 Å². The van der Waals surface area contributed by atoms with E-state index in [4.69, 9.17) is 5.26 Å². The van der Waals surface area contributed by atoms with Crippen molar-refractivity contribution in [3.63, 3.8) is 0 Å². The fourth-order valence-corrected chi connectivity index (χ4v) is 5.53. The minimum Gasteiger partial charge on any atom is -0.311 e. The Hall–Kier alpha value is -2.68. The van der Waals surface area contributed by atoms with Crippen molar-refractivity contribution >= 4 is 11.3 Å². The van der Waals surface area contributed by atoms with Gasteiger partial charge in [0.05, 0.1) is 17.2 Å². The summed E-state index contributed by atoms with van der Waals surface area (Å²) in [5, 5.41) is 11.2. The molecule has 1 saturated heterocycles. The van der Waals surface area contributed by atoms with Crippen molar-refractivity contribution in [3.8, 4) is 16.5 Å². The first kappa shape index (κ1) is 17.4. The van der Waals surface area contributed by atoms with E-state index in [1.165, 1.54) is 11.3 Å². The van der Waals surface area contributed by atoms with E-state index in [9.17, 15) is 4.79 Å². The maximum Gasteiger partial charge on any atom is 0.259 e. The Bertz CT molecular complexity index is 1110. The summed E-state index contributed by atoms with van der Waals surface area (Å²) >= 11 is 1.62. The van der Waals surface area contributed by atoms with Gasteiger partial charge in [0.2, 0.25) is 0 Å². The molecule has 2 atom stereocenters. The number of aromatic nitrogens is 1. The molecule has 1 fully saturated rings. The number of hydrogen-bond donors (Lipinski definition) is 0. The van der Waals surface area contributed by atoms with Gasteiger partial charge >= 0.3 is 0 Å². The molecule has 0 unspecified atom stereocenters. The van der Waals surface area contributed by atoms with Gasteiger partial charge in [0.1, 0.15) is 0 Å². The van der Waals surface area contributed by atoms with Gasteiger partial charge < -0.3 is 4.57 Å². The number of thiophene rings is 1. The van der Waals surface area contributed by atoms with Crippen molar-refractivity contribution in [2.45, 2.75) is 25.4 Å². The highest BCUT2D eigenvalue weighted by Gasteiger charge is 2.35. The Morgan fingerprint density at radius 3 is 2.86 bits per heavy atom. The van der Waals surface area contributed by atoms with Gasteiger partial charge in [-0.25, -0.2) is 0 Å². The van der Waals surface area contributed by atoms with Crippen molar-refractivity contribution in [2.75, 3.05) is 13.1 Å². The predicted octanol–water partition coefficient (Wildman–Crippen LogP) is 4.07. The van der Waals surface area contributed by atoms with E-state index in [1.54, 1.807) is 11.3 Å². The highest BCUT2D eigenvalue weighted by atomic mass is 32.1. The number of hydrogen-bond acceptors (Lipinski definition) is 4. The van der Waals surface area contributed by atoms with Gasteiger partial charge in [-0.15, -0.1) is 11.3 Å². The molecule has 3 aromatic rings. The number of benzene rings is 1. The Kier molecular flexibility index (Phi) is 4.38. The molecular weight excluding hydrogens is 366 g/mol. The van der Waals surface area contributed by atoms with Crippen LogP contribution >= 0.6 is 11.3 Å². The third-order valence-corrected chi connectivity index (χ3v) is 6.83. The van der Waals surface area contributed by atoms with E-state index >= 15 is 0 Å². The first-order valence-corrected chi connectivity index (χ1v) is 10.6. The molecule has 0 aliphatic carbocycles. The molecule has 4 heterocycles. The van der Waals surface area contributed by atoms with Gasteiger partial charge in [0.15, 0.2) is 0 Å². The van der Waals surface area contributed by atoms with Crippen LogP contribution in [-0.4, -0.2) is 22.6 Å². The zero-order chi connectivity index (χ0) is 19.1. The molecular formula is C23H21N3OS. The van der Waals surface area contributed by atoms with Crippen LogP contribution in [0.1, 0.15) is 29.2 Å². The molecule has 0 spiro atoms. The summed E-state index contributed by atoms with van der Waals surface area (Å²) in [7, 11) is 0. The third kappa shape index (κ3) is 3.09. The van der Waals surface area contributed by atoms with E-state index in [-0.39, 0.29) is 5.56 Å². The second kappa shape index (κ2) is 7.05. The first-order valence-electron chi connectivity index (χ1n) is 9.70. The van der Waals surface area contributed by atoms with Crippen molar-refractivity contribution in [2.24, 2.45) is 5.92 Å². The maximum absolute atomic E-state index is 13.1. The molecule has 2 aromatic heterocycles. The summed E-state index contributed by atoms with van der Waals surface area (Å²) in [6, 6.07) is 18.3. The molecule has 0 amide bonds. The second-order valence-electron chi connectivity index (χ2n) is 7.87. The summed E-state index contributed by atoms with van der Waals surface area (Å²) in [4.78, 5) is 16.6. The van der Waals surface area contributed by atoms with E-state index in [0.29, 0.717) is 17.4 Å². The molecule has 2 aliphatic rings. The average Bonchev–Trinajstić information content (AvgIpc) is 3.23. The molecule has 28 heavy (non-hydrogen) atoms. The molecule has 0 saturated carbocycles. The number of nitrogens with zero attached hydrogens (tertiary/aromatic N) is 3. The summed E-state index contributed by atoms with van der Waals surface area (Å²) in [6.45, 7) is 3.63. The van der Waals surface area contributed by atoms with Crippen LogP contribution in [0.15, 0.2) is 58.7 Å². The Morgan fingerprint density at radius 2 is 2.04 bits per heavy atom. The standard InChI is InChI=1S/C23H21N3OS/c24-11-16-3-1-4-17(9-16)12-25-13-18-10-19(15-25)21-7-6-20(22-5-2-8-28-22)23(27)26(21)14-18/h1-9,18-19H,10,12-15H2/t18-,19-/m1/s1. The molecule has 140 valence electrons. The minimum absolute atomic E-state index is 0.157. The predicted molar refractivity (Wildman–Crippen MR) is 111 cm³/mol. The van der Waals surface area contributed by atoms with Crippen LogP contribution in [0.4, 0.5) is 0 Å². The van der Waals surface area contributed by atoms with Crippen LogP contribution in [0.25, 0.3) is 10.4 Å². The minimum atomic E-state index is 0.157. The molecule has 0 N–H and O–H groups in total. The van der Waals surface area contributed by atoms with Crippen molar-refractivity contribution in [3.05, 3.63) is 81.1 Å². The molecule has 0 radical (unpaired) electrons. The van der Waals surface area contributed by atoms with Crippen LogP contribution in [-0.2, 0) is 13.1 Å². The van der Waals surface area contributed by atoms with Gasteiger partial charge in [-0.1, -0.05) is 18.2 Å². The molecule has 1 aromatic carbocycles. The van der Waals surface area contributed by atoms with Crippen LogP contribution in [0.3, 0.4) is 0 Å². The third-order valence-electron chi connectivity index (χ3n) is 5.93. The summed E-state index contributed by atoms with van der Waals surface area (Å²) in [5.41, 5.74) is 4.06. The Morgan fingerprint density at radius 1 is 1.11 bits per heavy atom. The van der Waals surface area contributed by atoms with E-state index in [0.717, 1.165) is 43.0 Å². The molecule has 4 nitrogen and oxygen atoms in total. The quantitative estimate of drug-likeness (QED) is 0.681. The first-order chi connectivity index (χ1) is 13.7. The van der Waals surface area contributed by atoms with Gasteiger partial charge in [-0.3, -0.25) is 9.69 Å². The van der Waals surface area contributed by atoms with Crippen molar-refractivity contribution in [1.82, 2.24) is 9.47 Å². The number of rotatable bonds is 3. The Balaban J connectivity index is 1.42. The molecule has 2 bridgehead atoms. The number of fused-ring (bicyclic) bond motifs is 4. The lowest BCUT2D eigenvalue weighted by molar-refractivity contribution is 0.114. The highest BCUT2D eigenvalue weighted by Crippen LogP contribution is 2.36. The largest absolute Gasteiger partial charge is 0.311 e. The molecule has 2 aliphatic heterocycles. The van der Waals surface area contributed by atoms with Gasteiger partial charge in [0, 0.05) is 42.7 Å². The van der Waals surface area contributed by atoms with Gasteiger partial charge in [-0.05, 0) is 53.6 Å². The fraction of sp³-hybridized carbons (Fsp3) is 0.304. The number of pyridine rings is 1. The lowest BCUT2D eigenvalue weighted by Gasteiger charge is -2.43. The number of likely N-dealkylation sites (tertiary alicyclic amines) is 1. The second-order valence-corrected chi connectivity index (χ2v) is 8.82. The monoisotopic (exact) mass is 387 g/mol. The van der Waals surface area contributed by atoms with E-state index in [1.807, 2.05) is 46.3 Å². The van der Waals surface area contributed by atoms with E-state index in [2.05, 4.69) is 23.1 Å². The fourth-order valence-electron chi connectivity index (χ4n) is 4.79. The topological polar surface area (TPSA) is 49.0 Å². The van der Waals surface area contributed by atoms with E-state index < -0.39 is 0 Å². The summed E-state index contributed by atoms with van der Waals surface area (Å²) in [5.74, 6) is 0.901. The van der Waals surface area contributed by atoms with Crippen LogP contribution in [0.2, 0.25) is 0 Å². The zero-order valence-corrected chi connectivity index (χ0v) is 16.4. The highest BCUT2D eigenvalue weighted by molar-refractivity contribution is 7.13. The Labute approximate surface area is 168 Å². The van der Waals surface area contributed by atoms with Gasteiger partial charge in [-0.2, -0.15) is 5.26 Å². The molecule has 5 rings (SSSR count). The maximum atomic E-state index is 13.1. The SMILES string of the molecule is N#Cc1cccc(CN2C[C@H]3C[C@H](C2)c2ccc(-c4cccs4)c(=O)n2C3)c1. The molecule has 5 heteroatoms. The normalized spacial score (nSPS) is 21.1. The van der Waals surface area contributed by atoms with Crippen molar-refractivity contribution < 1.29 is 0 Å². The van der Waals surface area contributed by atoms with Crippen LogP contribution < -0.4 is 5.56 Å². The summed E-state index contributed by atoms with van der Waals surface area (Å²) < 4.78 is 2.03. The zero-order valence-electron chi connectivity index (χ0n) is 15.5. The number of nitriles is 1. The van der Waals surface area contributed by atoms with Crippen molar-refractivity contribution in [1.29, 1.82) is 5.26 Å². The lowest BCUT2D eigenvalue weighted by atomic mass is 9.82. The van der Waals surface area contributed by atoms with Gasteiger partial charge in [0.25, 0.3) is 5.56 Å². The average molecular weight is 388 g/mol.